The zero-order valence-electron chi connectivity index (χ0n) is 5.37. The van der Waals surface area contributed by atoms with E-state index >= 15 is 0 Å². The molecule has 0 aliphatic heterocycles. The fourth-order valence-corrected chi connectivity index (χ4v) is 0.532. The molecule has 2 heteroatoms. The number of pyridine rings is 1. The Kier molecular flexibility index (Phi) is 3.56. The second kappa shape index (κ2) is 3.68. The maximum atomic E-state index is 3.75. The molecule has 1 rings (SSSR count). The minimum Gasteiger partial charge on any atom is -0.230 e. The number of aromatic nitrogens is 1. The van der Waals surface area contributed by atoms with E-state index in [-0.39, 0.29) is 21.1 Å². The van der Waals surface area contributed by atoms with Crippen LogP contribution in [0, 0.1) is 6.92 Å². The molecule has 0 aliphatic carbocycles. The fraction of sp³-hybridized carbons (Fsp3) is 0.143. The van der Waals surface area contributed by atoms with Crippen LogP contribution in [-0.4, -0.2) is 0 Å². The van der Waals surface area contributed by atoms with Crippen LogP contribution in [0.4, 0.5) is 0 Å². The molecule has 0 bridgehead atoms. The Labute approximate surface area is 70.0 Å². The topological polar surface area (TPSA) is 3.88 Å². The van der Waals surface area contributed by atoms with E-state index in [1.54, 1.807) is 0 Å². The van der Waals surface area contributed by atoms with Crippen molar-refractivity contribution in [2.45, 2.75) is 0 Å². The van der Waals surface area contributed by atoms with Crippen molar-refractivity contribution in [1.29, 1.82) is 0 Å². The van der Waals surface area contributed by atoms with Crippen molar-refractivity contribution in [1.82, 2.24) is 0 Å². The van der Waals surface area contributed by atoms with Gasteiger partial charge in [-0.3, -0.25) is 0 Å². The van der Waals surface area contributed by atoms with Crippen molar-refractivity contribution < 1.29 is 25.6 Å². The molecule has 1 aromatic heterocycles. The Morgan fingerprint density at radius 3 is 2.11 bits per heavy atom. The molecule has 1 heterocycles. The number of nitrogens with zero attached hydrogens (tertiary/aromatic N) is 1. The Morgan fingerprint density at radius 2 is 1.78 bits per heavy atom. The third-order valence-electron chi connectivity index (χ3n) is 1.05. The van der Waals surface area contributed by atoms with Crippen LogP contribution >= 0.6 is 0 Å². The summed E-state index contributed by atoms with van der Waals surface area (Å²) >= 11 is 0. The van der Waals surface area contributed by atoms with Crippen molar-refractivity contribution in [3.63, 3.8) is 0 Å². The van der Waals surface area contributed by atoms with Gasteiger partial charge < -0.3 is 0 Å². The molecule has 48 valence electrons. The van der Waals surface area contributed by atoms with Crippen LogP contribution in [0.15, 0.2) is 24.5 Å². The summed E-state index contributed by atoms with van der Waals surface area (Å²) in [6.07, 6.45) is 3.95. The third-order valence-corrected chi connectivity index (χ3v) is 1.05. The van der Waals surface area contributed by atoms with Crippen LogP contribution in [0.5, 0.6) is 0 Å². The van der Waals surface area contributed by atoms with Gasteiger partial charge in [0.2, 0.25) is 0 Å². The zero-order valence-corrected chi connectivity index (χ0v) is 8.31. The summed E-state index contributed by atoms with van der Waals surface area (Å²) in [6, 6.07) is 3.94. The van der Waals surface area contributed by atoms with Gasteiger partial charge in [-0.05, 0) is 0 Å². The molecule has 0 unspecified atom stereocenters. The molecular formula is C7H9NW. The van der Waals surface area contributed by atoms with Crippen molar-refractivity contribution in [3.8, 4) is 0 Å². The number of aryl methyl sites for hydroxylation is 1. The second-order valence-corrected chi connectivity index (χ2v) is 1.87. The molecule has 0 aromatic carbocycles. The molecule has 0 radical (unpaired) electrons. The quantitative estimate of drug-likeness (QED) is 0.489. The minimum atomic E-state index is 0. The smallest absolute Gasteiger partial charge is 0.136 e. The predicted octanol–water partition coefficient (Wildman–Crippen LogP) is 0.691. The van der Waals surface area contributed by atoms with Gasteiger partial charge in [0.15, 0.2) is 0 Å². The molecule has 0 spiro atoms. The van der Waals surface area contributed by atoms with Gasteiger partial charge in [-0.1, -0.05) is 12.1 Å². The van der Waals surface area contributed by atoms with E-state index < -0.39 is 0 Å². The summed E-state index contributed by atoms with van der Waals surface area (Å²) in [5, 5.41) is 0. The third kappa shape index (κ3) is 2.66. The first kappa shape index (κ1) is 8.71. The van der Waals surface area contributed by atoms with E-state index in [4.69, 9.17) is 0 Å². The molecule has 0 amide bonds. The first-order chi connectivity index (χ1) is 3.79. The summed E-state index contributed by atoms with van der Waals surface area (Å²) < 4.78 is 1.98. The van der Waals surface area contributed by atoms with Crippen LogP contribution in [0.2, 0.25) is 0 Å². The number of hydrogen-bond donors (Lipinski definition) is 0. The maximum Gasteiger partial charge on any atom is 0.136 e. The molecule has 0 saturated heterocycles. The predicted molar refractivity (Wildman–Crippen MR) is 32.1 cm³/mol. The van der Waals surface area contributed by atoms with Crippen LogP contribution < -0.4 is 4.57 Å². The van der Waals surface area contributed by atoms with E-state index in [1.165, 1.54) is 0 Å². The first-order valence-electron chi connectivity index (χ1n) is 2.56. The van der Waals surface area contributed by atoms with Crippen molar-refractivity contribution >= 4 is 0 Å². The van der Waals surface area contributed by atoms with Crippen LogP contribution in [0.1, 0.15) is 5.56 Å². The summed E-state index contributed by atoms with van der Waals surface area (Å²) in [4.78, 5) is 0. The monoisotopic (exact) mass is 291 g/mol. The van der Waals surface area contributed by atoms with Gasteiger partial charge in [0.05, 0.1) is 0 Å². The molecule has 0 saturated carbocycles. The molecule has 0 N–H and O–H groups in total. The molecule has 0 fully saturated rings. The Bertz CT molecular complexity index is 148. The van der Waals surface area contributed by atoms with E-state index in [9.17, 15) is 0 Å². The first-order valence-corrected chi connectivity index (χ1v) is 2.56. The van der Waals surface area contributed by atoms with Gasteiger partial charge in [0, 0.05) is 21.1 Å². The van der Waals surface area contributed by atoms with Crippen molar-refractivity contribution in [2.24, 2.45) is 7.05 Å². The molecule has 0 atom stereocenters. The van der Waals surface area contributed by atoms with Gasteiger partial charge >= 0.3 is 0 Å². The zero-order chi connectivity index (χ0) is 5.98. The second-order valence-electron chi connectivity index (χ2n) is 1.87. The summed E-state index contributed by atoms with van der Waals surface area (Å²) in [7, 11) is 1.99. The van der Waals surface area contributed by atoms with Crippen LogP contribution in [0.25, 0.3) is 0 Å². The normalized spacial score (nSPS) is 8.11. The van der Waals surface area contributed by atoms with E-state index in [0.717, 1.165) is 5.56 Å². The molecule has 1 aromatic rings. The van der Waals surface area contributed by atoms with Gasteiger partial charge in [0.25, 0.3) is 0 Å². The van der Waals surface area contributed by atoms with Crippen LogP contribution in [-0.2, 0) is 28.1 Å². The Morgan fingerprint density at radius 1 is 1.33 bits per heavy atom. The average molecular weight is 291 g/mol. The standard InChI is InChI=1S/C7H9N.W/c1-7-3-5-8(2)6-4-7;/h3-6H,1H2,2H3;. The van der Waals surface area contributed by atoms with E-state index in [1.807, 2.05) is 36.1 Å². The Hall–Kier alpha value is -0.292. The molecule has 0 aliphatic rings. The van der Waals surface area contributed by atoms with Crippen molar-refractivity contribution in [2.75, 3.05) is 0 Å². The van der Waals surface area contributed by atoms with Gasteiger partial charge in [-0.2, -0.15) is 12.5 Å². The summed E-state index contributed by atoms with van der Waals surface area (Å²) in [5.74, 6) is 0. The molecule has 1 nitrogen and oxygen atoms in total. The van der Waals surface area contributed by atoms with Gasteiger partial charge in [0.1, 0.15) is 19.4 Å². The number of rotatable bonds is 0. The van der Waals surface area contributed by atoms with Gasteiger partial charge in [-0.15, -0.1) is 0 Å². The minimum absolute atomic E-state index is 0. The SMILES string of the molecule is [CH2-]c1cc[n+](C)cc1.[W]. The largest absolute Gasteiger partial charge is 0.230 e. The average Bonchev–Trinajstić information content (AvgIpc) is 1.77. The molecular weight excluding hydrogens is 282 g/mol. The fourth-order valence-electron chi connectivity index (χ4n) is 0.532. The van der Waals surface area contributed by atoms with Gasteiger partial charge in [-0.25, -0.2) is 4.57 Å². The van der Waals surface area contributed by atoms with E-state index in [2.05, 4.69) is 6.92 Å². The Balaban J connectivity index is 0.000000640. The summed E-state index contributed by atoms with van der Waals surface area (Å²) in [5.41, 5.74) is 1.06. The summed E-state index contributed by atoms with van der Waals surface area (Å²) in [6.45, 7) is 3.75. The number of hydrogen-bond acceptors (Lipinski definition) is 0. The maximum absolute atomic E-state index is 3.75. The van der Waals surface area contributed by atoms with Crippen molar-refractivity contribution in [3.05, 3.63) is 37.0 Å². The van der Waals surface area contributed by atoms with E-state index in [0.29, 0.717) is 0 Å². The van der Waals surface area contributed by atoms with Crippen LogP contribution in [0.3, 0.4) is 0 Å². The molecule has 9 heavy (non-hydrogen) atoms.